The van der Waals surface area contributed by atoms with Crippen molar-refractivity contribution in [1.29, 1.82) is 0 Å². The van der Waals surface area contributed by atoms with Crippen molar-refractivity contribution in [3.05, 3.63) is 29.8 Å². The summed E-state index contributed by atoms with van der Waals surface area (Å²) in [5, 5.41) is 18.0. The van der Waals surface area contributed by atoms with Gasteiger partial charge >= 0.3 is 0 Å². The van der Waals surface area contributed by atoms with Gasteiger partial charge in [-0.1, -0.05) is 30.8 Å². The van der Waals surface area contributed by atoms with E-state index in [2.05, 4.69) is 26.2 Å². The zero-order valence-electron chi connectivity index (χ0n) is 15.7. The second-order valence-corrected chi connectivity index (χ2v) is 7.96. The maximum Gasteiger partial charge on any atom is 0.233 e. The minimum absolute atomic E-state index is 0.0245. The lowest BCUT2D eigenvalue weighted by Gasteiger charge is -2.18. The predicted molar refractivity (Wildman–Crippen MR) is 103 cm³/mol. The lowest BCUT2D eigenvalue weighted by molar-refractivity contribution is -0.121. The van der Waals surface area contributed by atoms with Crippen LogP contribution in [0.4, 0.5) is 5.69 Å². The molecule has 2 aromatic rings. The molecule has 2 amide bonds. The van der Waals surface area contributed by atoms with Crippen molar-refractivity contribution in [2.45, 2.75) is 62.5 Å². The maximum atomic E-state index is 12.5. The highest BCUT2D eigenvalue weighted by atomic mass is 32.2. The SMILES string of the molecule is CCC(=O)Nc1ccc(C(C)NC(=O)C(C)Sc2nnnn2C2CC2)cc1. The molecule has 0 radical (unpaired) electrons. The van der Waals surface area contributed by atoms with Gasteiger partial charge in [0.2, 0.25) is 17.0 Å². The molecule has 1 aromatic carbocycles. The molecule has 2 atom stereocenters. The molecule has 0 bridgehead atoms. The Morgan fingerprint density at radius 1 is 1.26 bits per heavy atom. The highest BCUT2D eigenvalue weighted by Crippen LogP contribution is 2.37. The summed E-state index contributed by atoms with van der Waals surface area (Å²) in [6.07, 6.45) is 2.61. The van der Waals surface area contributed by atoms with E-state index in [0.717, 1.165) is 24.1 Å². The van der Waals surface area contributed by atoms with E-state index in [1.54, 1.807) is 4.68 Å². The number of anilines is 1. The van der Waals surface area contributed by atoms with Crippen LogP contribution in [-0.4, -0.2) is 37.3 Å². The molecule has 8 nitrogen and oxygen atoms in total. The Bertz CT molecular complexity index is 802. The summed E-state index contributed by atoms with van der Waals surface area (Å²) in [5.41, 5.74) is 1.72. The smallest absolute Gasteiger partial charge is 0.233 e. The number of nitrogens with one attached hydrogen (secondary N) is 2. The first-order valence-corrected chi connectivity index (χ1v) is 10.0. The molecule has 2 N–H and O–H groups in total. The van der Waals surface area contributed by atoms with E-state index in [1.807, 2.05) is 45.0 Å². The first-order valence-electron chi connectivity index (χ1n) is 9.12. The monoisotopic (exact) mass is 388 g/mol. The van der Waals surface area contributed by atoms with Gasteiger partial charge < -0.3 is 10.6 Å². The maximum absolute atomic E-state index is 12.5. The van der Waals surface area contributed by atoms with Crippen molar-refractivity contribution in [3.8, 4) is 0 Å². The van der Waals surface area contributed by atoms with Gasteiger partial charge in [0, 0.05) is 12.1 Å². The van der Waals surface area contributed by atoms with Crippen molar-refractivity contribution >= 4 is 29.3 Å². The predicted octanol–water partition coefficient (Wildman–Crippen LogP) is 2.71. The Morgan fingerprint density at radius 2 is 1.96 bits per heavy atom. The minimum Gasteiger partial charge on any atom is -0.349 e. The Balaban J connectivity index is 1.54. The van der Waals surface area contributed by atoms with Gasteiger partial charge in [0.15, 0.2) is 0 Å². The highest BCUT2D eigenvalue weighted by Gasteiger charge is 2.29. The van der Waals surface area contributed by atoms with Crippen LogP contribution in [0.3, 0.4) is 0 Å². The average Bonchev–Trinajstić information content (AvgIpc) is 3.41. The summed E-state index contributed by atoms with van der Waals surface area (Å²) in [4.78, 5) is 24.0. The van der Waals surface area contributed by atoms with Gasteiger partial charge in [-0.3, -0.25) is 9.59 Å². The van der Waals surface area contributed by atoms with Crippen molar-refractivity contribution < 1.29 is 9.59 Å². The third-order valence-electron chi connectivity index (χ3n) is 4.38. The van der Waals surface area contributed by atoms with Crippen LogP contribution in [0.2, 0.25) is 0 Å². The fraction of sp³-hybridized carbons (Fsp3) is 0.500. The Labute approximate surface area is 162 Å². The molecule has 3 rings (SSSR count). The molecule has 1 heterocycles. The number of carbonyl (C=O) groups excluding carboxylic acids is 2. The van der Waals surface area contributed by atoms with Crippen LogP contribution in [0.5, 0.6) is 0 Å². The molecule has 2 unspecified atom stereocenters. The van der Waals surface area contributed by atoms with E-state index >= 15 is 0 Å². The van der Waals surface area contributed by atoms with Gasteiger partial charge in [-0.05, 0) is 54.8 Å². The normalized spacial score (nSPS) is 15.8. The Kier molecular flexibility index (Phi) is 6.10. The molecule has 1 saturated carbocycles. The number of carbonyl (C=O) groups is 2. The van der Waals surface area contributed by atoms with Gasteiger partial charge in [-0.2, -0.15) is 0 Å². The summed E-state index contributed by atoms with van der Waals surface area (Å²) in [7, 11) is 0. The summed E-state index contributed by atoms with van der Waals surface area (Å²) in [6, 6.07) is 7.73. The minimum atomic E-state index is -0.306. The lowest BCUT2D eigenvalue weighted by atomic mass is 10.1. The van der Waals surface area contributed by atoms with Crippen LogP contribution in [0.1, 0.15) is 57.7 Å². The third kappa shape index (κ3) is 5.06. The number of hydrogen-bond acceptors (Lipinski definition) is 6. The summed E-state index contributed by atoms with van der Waals surface area (Å²) in [6.45, 7) is 5.59. The number of nitrogens with zero attached hydrogens (tertiary/aromatic N) is 4. The number of amides is 2. The van der Waals surface area contributed by atoms with Crippen LogP contribution in [0.15, 0.2) is 29.4 Å². The van der Waals surface area contributed by atoms with Gasteiger partial charge in [0.25, 0.3) is 0 Å². The van der Waals surface area contributed by atoms with Crippen LogP contribution < -0.4 is 10.6 Å². The molecule has 1 aromatic heterocycles. The number of rotatable bonds is 8. The van der Waals surface area contributed by atoms with Crippen molar-refractivity contribution in [1.82, 2.24) is 25.5 Å². The lowest BCUT2D eigenvalue weighted by Crippen LogP contribution is -2.33. The standard InChI is InChI=1S/C18H24N6O2S/c1-4-16(25)20-14-7-5-13(6-8-14)11(2)19-17(26)12(3)27-18-21-22-23-24(18)15-9-10-15/h5-8,11-12,15H,4,9-10H2,1-3H3,(H,19,26)(H,20,25). The van der Waals surface area contributed by atoms with Crippen LogP contribution >= 0.6 is 11.8 Å². The fourth-order valence-electron chi connectivity index (χ4n) is 2.54. The molecule has 1 fully saturated rings. The van der Waals surface area contributed by atoms with E-state index in [4.69, 9.17) is 0 Å². The largest absolute Gasteiger partial charge is 0.349 e. The summed E-state index contributed by atoms with van der Waals surface area (Å²) < 4.78 is 1.81. The van der Waals surface area contributed by atoms with E-state index in [0.29, 0.717) is 17.6 Å². The average molecular weight is 388 g/mol. The molecular weight excluding hydrogens is 364 g/mol. The second kappa shape index (κ2) is 8.51. The number of thioether (sulfide) groups is 1. The third-order valence-corrected chi connectivity index (χ3v) is 5.43. The molecule has 27 heavy (non-hydrogen) atoms. The van der Waals surface area contributed by atoms with E-state index in [-0.39, 0.29) is 23.1 Å². The van der Waals surface area contributed by atoms with Gasteiger partial charge in [0.1, 0.15) is 0 Å². The Hall–Kier alpha value is -2.42. The van der Waals surface area contributed by atoms with Crippen molar-refractivity contribution in [2.24, 2.45) is 0 Å². The summed E-state index contributed by atoms with van der Waals surface area (Å²) >= 11 is 1.37. The van der Waals surface area contributed by atoms with Crippen LogP contribution in [0, 0.1) is 0 Å². The Morgan fingerprint density at radius 3 is 2.59 bits per heavy atom. The molecule has 0 saturated heterocycles. The molecule has 1 aliphatic carbocycles. The van der Waals surface area contributed by atoms with Gasteiger partial charge in [0.05, 0.1) is 17.3 Å². The fourth-order valence-corrected chi connectivity index (χ4v) is 3.41. The molecule has 9 heteroatoms. The van der Waals surface area contributed by atoms with E-state index < -0.39 is 0 Å². The van der Waals surface area contributed by atoms with Gasteiger partial charge in [-0.25, -0.2) is 4.68 Å². The van der Waals surface area contributed by atoms with Crippen molar-refractivity contribution in [2.75, 3.05) is 5.32 Å². The quantitative estimate of drug-likeness (QED) is 0.674. The summed E-state index contributed by atoms with van der Waals surface area (Å²) in [5.74, 6) is -0.0929. The zero-order valence-corrected chi connectivity index (χ0v) is 16.5. The van der Waals surface area contributed by atoms with Crippen LogP contribution in [0.25, 0.3) is 0 Å². The molecular formula is C18H24N6O2S. The number of hydrogen-bond donors (Lipinski definition) is 2. The molecule has 144 valence electrons. The van der Waals surface area contributed by atoms with Crippen molar-refractivity contribution in [3.63, 3.8) is 0 Å². The molecule has 1 aliphatic rings. The zero-order chi connectivity index (χ0) is 19.4. The first kappa shape index (κ1) is 19.3. The van der Waals surface area contributed by atoms with E-state index in [9.17, 15) is 9.59 Å². The molecule has 0 aliphatic heterocycles. The number of aromatic nitrogens is 4. The first-order chi connectivity index (χ1) is 13.0. The van der Waals surface area contributed by atoms with Gasteiger partial charge in [-0.15, -0.1) is 5.10 Å². The van der Waals surface area contributed by atoms with Crippen LogP contribution in [-0.2, 0) is 9.59 Å². The van der Waals surface area contributed by atoms with E-state index in [1.165, 1.54) is 11.8 Å². The number of tetrazole rings is 1. The topological polar surface area (TPSA) is 102 Å². The molecule has 0 spiro atoms. The number of benzene rings is 1. The second-order valence-electron chi connectivity index (χ2n) is 6.65. The highest BCUT2D eigenvalue weighted by molar-refractivity contribution is 8.00.